The molecule has 0 saturated carbocycles. The zero-order chi connectivity index (χ0) is 25.9. The van der Waals surface area contributed by atoms with Crippen LogP contribution in [0.15, 0.2) is 35.3 Å². The molecule has 0 spiro atoms. The Morgan fingerprint density at radius 3 is 2.44 bits per heavy atom. The monoisotopic (exact) mass is 503 g/mol. The lowest BCUT2D eigenvalue weighted by atomic mass is 10.1. The number of aromatic hydroxyl groups is 1. The third-order valence-corrected chi connectivity index (χ3v) is 6.12. The Morgan fingerprint density at radius 1 is 1.08 bits per heavy atom. The number of ether oxygens (including phenoxy) is 1. The average Bonchev–Trinajstić information content (AvgIpc) is 2.97. The van der Waals surface area contributed by atoms with Gasteiger partial charge in [-0.05, 0) is 24.6 Å². The predicted octanol–water partition coefficient (Wildman–Crippen LogP) is 2.94. The van der Waals surface area contributed by atoms with Crippen molar-refractivity contribution in [2.45, 2.75) is 19.5 Å². The average molecular weight is 503 g/mol. The summed E-state index contributed by atoms with van der Waals surface area (Å²) < 4.78 is 62.6. The Balaban J connectivity index is 1.51. The van der Waals surface area contributed by atoms with Crippen molar-refractivity contribution in [2.75, 3.05) is 18.1 Å². The lowest BCUT2D eigenvalue weighted by molar-refractivity contribution is 0.0926. The first kappa shape index (κ1) is 23.4. The minimum atomic E-state index is -1.22. The van der Waals surface area contributed by atoms with E-state index >= 15 is 0 Å². The number of pyridine rings is 1. The molecule has 2 aliphatic rings. The molecule has 2 N–H and O–H groups in total. The summed E-state index contributed by atoms with van der Waals surface area (Å²) in [5.74, 6) is -7.26. The number of aryl methyl sites for hydroxylation is 1. The second-order valence-electron chi connectivity index (χ2n) is 8.48. The fraction of sp³-hybridized carbons (Fsp3) is 0.208. The van der Waals surface area contributed by atoms with Crippen LogP contribution in [0.2, 0.25) is 0 Å². The van der Waals surface area contributed by atoms with Gasteiger partial charge in [0.05, 0.1) is 18.3 Å². The van der Waals surface area contributed by atoms with Gasteiger partial charge in [0.1, 0.15) is 29.6 Å². The summed E-state index contributed by atoms with van der Waals surface area (Å²) in [5, 5.41) is 12.8. The van der Waals surface area contributed by atoms with E-state index in [4.69, 9.17) is 4.74 Å². The maximum Gasteiger partial charge on any atom is 0.279 e. The van der Waals surface area contributed by atoms with E-state index in [1.165, 1.54) is 11.5 Å². The highest BCUT2D eigenvalue weighted by Gasteiger charge is 2.40. The van der Waals surface area contributed by atoms with E-state index in [1.54, 1.807) is 0 Å². The Bertz CT molecular complexity index is 1500. The molecule has 5 rings (SSSR count). The van der Waals surface area contributed by atoms with E-state index in [9.17, 15) is 37.1 Å². The van der Waals surface area contributed by atoms with Gasteiger partial charge in [-0.3, -0.25) is 14.4 Å². The number of aromatic nitrogens is 1. The number of carbonyl (C=O) groups excluding carboxylic acids is 2. The molecule has 3 aromatic rings. The van der Waals surface area contributed by atoms with Crippen LogP contribution in [0.4, 0.5) is 23.2 Å². The van der Waals surface area contributed by atoms with Gasteiger partial charge in [0.25, 0.3) is 11.8 Å². The van der Waals surface area contributed by atoms with Gasteiger partial charge < -0.3 is 24.6 Å². The highest BCUT2D eigenvalue weighted by Crippen LogP contribution is 2.39. The van der Waals surface area contributed by atoms with Gasteiger partial charge in [0.15, 0.2) is 23.1 Å². The van der Waals surface area contributed by atoms with Crippen LogP contribution in [0.1, 0.15) is 38.0 Å². The van der Waals surface area contributed by atoms with Crippen LogP contribution >= 0.6 is 0 Å². The van der Waals surface area contributed by atoms with Gasteiger partial charge in [0.2, 0.25) is 5.43 Å². The lowest BCUT2D eigenvalue weighted by Crippen LogP contribution is -2.45. The summed E-state index contributed by atoms with van der Waals surface area (Å²) in [5.41, 5.74) is -2.40. The van der Waals surface area contributed by atoms with E-state index in [-0.39, 0.29) is 24.6 Å². The SMILES string of the molecule is Cc1cc(F)c(CNC(=O)c2cn3c(c(O)c2=O)C(=O)N2C[C@H]3COc3cc(F)c(F)cc32)c(F)c1. The van der Waals surface area contributed by atoms with Crippen molar-refractivity contribution in [1.82, 2.24) is 9.88 Å². The minimum Gasteiger partial charge on any atom is -0.503 e. The molecule has 0 aliphatic carbocycles. The Labute approximate surface area is 200 Å². The van der Waals surface area contributed by atoms with Gasteiger partial charge >= 0.3 is 0 Å². The molecule has 186 valence electrons. The standard InChI is InChI=1S/C24H17F4N3O5/c1-10-2-14(25)12(15(26)3-10)6-29-23(34)13-8-30-11-7-31(24(35)20(30)22(33)21(13)32)18-4-16(27)17(28)5-19(18)36-9-11/h2-5,8,11,33H,6-7,9H2,1H3,(H,29,34)/t11-/m0/s1. The third-order valence-electron chi connectivity index (χ3n) is 6.12. The van der Waals surface area contributed by atoms with Gasteiger partial charge in [0, 0.05) is 30.4 Å². The van der Waals surface area contributed by atoms with Gasteiger partial charge in [-0.25, -0.2) is 17.6 Å². The van der Waals surface area contributed by atoms with Crippen molar-refractivity contribution in [3.63, 3.8) is 0 Å². The summed E-state index contributed by atoms with van der Waals surface area (Å²) in [6.45, 7) is 0.659. The van der Waals surface area contributed by atoms with E-state index in [0.717, 1.165) is 35.4 Å². The summed E-state index contributed by atoms with van der Waals surface area (Å²) in [6, 6.07) is 2.99. The maximum absolute atomic E-state index is 14.1. The second-order valence-corrected chi connectivity index (χ2v) is 8.48. The van der Waals surface area contributed by atoms with Gasteiger partial charge in [-0.1, -0.05) is 0 Å². The number of halogens is 4. The highest BCUT2D eigenvalue weighted by molar-refractivity contribution is 6.09. The molecular weight excluding hydrogens is 486 g/mol. The molecule has 12 heteroatoms. The molecule has 1 aromatic heterocycles. The van der Waals surface area contributed by atoms with Crippen LogP contribution in [-0.4, -0.2) is 34.6 Å². The number of rotatable bonds is 3. The number of anilines is 1. The predicted molar refractivity (Wildman–Crippen MR) is 117 cm³/mol. The smallest absolute Gasteiger partial charge is 0.279 e. The first-order valence-corrected chi connectivity index (χ1v) is 10.7. The maximum atomic E-state index is 14.1. The number of hydrogen-bond acceptors (Lipinski definition) is 5. The Kier molecular flexibility index (Phi) is 5.46. The van der Waals surface area contributed by atoms with Crippen molar-refractivity contribution in [1.29, 1.82) is 0 Å². The third kappa shape index (κ3) is 3.65. The molecular formula is C24H17F4N3O5. The quantitative estimate of drug-likeness (QED) is 0.536. The molecule has 1 atom stereocenters. The lowest BCUT2D eigenvalue weighted by Gasteiger charge is -2.33. The molecule has 2 aliphatic heterocycles. The summed E-state index contributed by atoms with van der Waals surface area (Å²) in [7, 11) is 0. The number of nitrogens with zero attached hydrogens (tertiary/aromatic N) is 2. The Hall–Kier alpha value is -4.35. The van der Waals surface area contributed by atoms with E-state index in [0.29, 0.717) is 5.56 Å². The topological polar surface area (TPSA) is 101 Å². The number of hydrogen-bond donors (Lipinski definition) is 2. The number of amides is 2. The first-order valence-electron chi connectivity index (χ1n) is 10.7. The molecule has 0 radical (unpaired) electrons. The molecule has 0 saturated heterocycles. The van der Waals surface area contributed by atoms with Crippen LogP contribution < -0.4 is 20.4 Å². The van der Waals surface area contributed by atoms with Gasteiger partial charge in [-0.2, -0.15) is 0 Å². The highest BCUT2D eigenvalue weighted by atomic mass is 19.2. The molecule has 8 nitrogen and oxygen atoms in total. The van der Waals surface area contributed by atoms with Crippen molar-refractivity contribution >= 4 is 17.5 Å². The molecule has 2 amide bonds. The number of nitrogens with one attached hydrogen (secondary N) is 1. The molecule has 0 unspecified atom stereocenters. The molecule has 2 bridgehead atoms. The van der Waals surface area contributed by atoms with Gasteiger partial charge in [-0.15, -0.1) is 0 Å². The van der Waals surface area contributed by atoms with E-state index < -0.39 is 75.7 Å². The molecule has 2 aromatic carbocycles. The van der Waals surface area contributed by atoms with Crippen molar-refractivity contribution in [2.24, 2.45) is 0 Å². The van der Waals surface area contributed by atoms with Crippen LogP contribution in [0.5, 0.6) is 11.5 Å². The molecule has 0 fully saturated rings. The minimum absolute atomic E-state index is 0.0801. The second kappa shape index (κ2) is 8.40. The summed E-state index contributed by atoms with van der Waals surface area (Å²) >= 11 is 0. The van der Waals surface area contributed by atoms with Crippen LogP contribution in [0.25, 0.3) is 0 Å². The summed E-state index contributed by atoms with van der Waals surface area (Å²) in [4.78, 5) is 39.7. The van der Waals surface area contributed by atoms with Crippen molar-refractivity contribution in [3.8, 4) is 11.5 Å². The zero-order valence-corrected chi connectivity index (χ0v) is 18.6. The summed E-state index contributed by atoms with van der Waals surface area (Å²) in [6.07, 6.45) is 1.04. The number of carbonyl (C=O) groups is 2. The van der Waals surface area contributed by atoms with Crippen LogP contribution in [0.3, 0.4) is 0 Å². The van der Waals surface area contributed by atoms with E-state index in [1.807, 2.05) is 0 Å². The van der Waals surface area contributed by atoms with Crippen LogP contribution in [0, 0.1) is 30.2 Å². The molecule has 3 heterocycles. The van der Waals surface area contributed by atoms with E-state index in [2.05, 4.69) is 5.32 Å². The molecule has 36 heavy (non-hydrogen) atoms. The Morgan fingerprint density at radius 2 is 1.75 bits per heavy atom. The number of benzene rings is 2. The largest absolute Gasteiger partial charge is 0.503 e. The van der Waals surface area contributed by atoms with Crippen molar-refractivity contribution in [3.05, 3.63) is 86.3 Å². The van der Waals surface area contributed by atoms with Crippen LogP contribution in [-0.2, 0) is 6.54 Å². The number of fused-ring (bicyclic) bond motifs is 6. The fourth-order valence-corrected chi connectivity index (χ4v) is 4.32. The normalized spacial score (nSPS) is 16.1. The first-order chi connectivity index (χ1) is 17.1. The zero-order valence-electron chi connectivity index (χ0n) is 18.6. The van der Waals surface area contributed by atoms with Crippen molar-refractivity contribution < 1.29 is 37.0 Å². The fourth-order valence-electron chi connectivity index (χ4n) is 4.32.